The van der Waals surface area contributed by atoms with Crippen molar-refractivity contribution >= 4 is 15.9 Å². The topological polar surface area (TPSA) is 0 Å². The van der Waals surface area contributed by atoms with Gasteiger partial charge in [0.25, 0.3) is 0 Å². The Kier molecular flexibility index (Phi) is 3.29. The lowest BCUT2D eigenvalue weighted by Crippen LogP contribution is -2.37. The molecule has 104 valence electrons. The molecule has 0 aromatic heterocycles. The maximum atomic E-state index is 3.66. The van der Waals surface area contributed by atoms with Crippen LogP contribution in [0.1, 0.15) is 38.8 Å². The van der Waals surface area contributed by atoms with Crippen LogP contribution in [0, 0.1) is 11.8 Å². The number of hydrogen-bond donors (Lipinski definition) is 0. The van der Waals surface area contributed by atoms with Crippen LogP contribution < -0.4 is 0 Å². The number of halogens is 1. The number of rotatable bonds is 2. The molecule has 0 unspecified atom stereocenters. The fraction of sp³-hybridized carbons (Fsp3) is 0.368. The summed E-state index contributed by atoms with van der Waals surface area (Å²) in [5.41, 5.74) is 5.93. The van der Waals surface area contributed by atoms with E-state index < -0.39 is 0 Å². The largest absolute Gasteiger partial charge is 0.0619 e. The molecule has 0 fully saturated rings. The molecule has 3 rings (SSSR count). The van der Waals surface area contributed by atoms with Crippen molar-refractivity contribution in [2.24, 2.45) is 11.8 Å². The van der Waals surface area contributed by atoms with Crippen molar-refractivity contribution in [2.45, 2.75) is 33.1 Å². The Balaban J connectivity index is 2.43. The van der Waals surface area contributed by atoms with E-state index in [1.807, 2.05) is 0 Å². The van der Waals surface area contributed by atoms with E-state index in [-0.39, 0.29) is 5.41 Å². The molecule has 0 atom stereocenters. The normalized spacial score (nSPS) is 15.6. The summed E-state index contributed by atoms with van der Waals surface area (Å²) in [6.45, 7) is 9.42. The number of fused-ring (bicyclic) bond motifs is 3. The minimum absolute atomic E-state index is 0.121. The molecule has 0 spiro atoms. The van der Waals surface area contributed by atoms with E-state index in [1.165, 1.54) is 26.7 Å². The highest BCUT2D eigenvalue weighted by molar-refractivity contribution is 9.10. The van der Waals surface area contributed by atoms with Gasteiger partial charge >= 0.3 is 0 Å². The number of benzene rings is 2. The van der Waals surface area contributed by atoms with Crippen LogP contribution in [0.15, 0.2) is 46.9 Å². The van der Waals surface area contributed by atoms with Gasteiger partial charge in [0.2, 0.25) is 0 Å². The first-order valence-electron chi connectivity index (χ1n) is 7.39. The first kappa shape index (κ1) is 13.9. The Morgan fingerprint density at radius 1 is 0.800 bits per heavy atom. The molecule has 0 aliphatic heterocycles. The van der Waals surface area contributed by atoms with E-state index in [0.717, 1.165) is 0 Å². The maximum absolute atomic E-state index is 3.66. The average molecular weight is 329 g/mol. The van der Waals surface area contributed by atoms with Crippen LogP contribution in [0.5, 0.6) is 0 Å². The van der Waals surface area contributed by atoms with Crippen molar-refractivity contribution in [1.82, 2.24) is 0 Å². The van der Waals surface area contributed by atoms with Crippen molar-refractivity contribution in [2.75, 3.05) is 0 Å². The van der Waals surface area contributed by atoms with Gasteiger partial charge in [-0.2, -0.15) is 0 Å². The summed E-state index contributed by atoms with van der Waals surface area (Å²) in [6.07, 6.45) is 0. The molecule has 1 aliphatic carbocycles. The van der Waals surface area contributed by atoms with Crippen LogP contribution >= 0.6 is 15.9 Å². The van der Waals surface area contributed by atoms with Crippen LogP contribution in [0.4, 0.5) is 0 Å². The molecule has 0 amide bonds. The van der Waals surface area contributed by atoms with Crippen molar-refractivity contribution in [1.29, 1.82) is 0 Å². The summed E-state index contributed by atoms with van der Waals surface area (Å²) >= 11 is 3.66. The molecule has 0 nitrogen and oxygen atoms in total. The Bertz CT molecular complexity index is 645. The van der Waals surface area contributed by atoms with E-state index in [9.17, 15) is 0 Å². The molecule has 2 aromatic carbocycles. The third kappa shape index (κ3) is 1.65. The molecule has 1 aliphatic rings. The second kappa shape index (κ2) is 4.73. The maximum Gasteiger partial charge on any atom is 0.0261 e. The van der Waals surface area contributed by atoms with Crippen LogP contribution in [0.25, 0.3) is 11.1 Å². The van der Waals surface area contributed by atoms with Crippen LogP contribution in [-0.4, -0.2) is 0 Å². The summed E-state index contributed by atoms with van der Waals surface area (Å²) in [6, 6.07) is 15.7. The average Bonchev–Trinajstić information content (AvgIpc) is 2.69. The summed E-state index contributed by atoms with van der Waals surface area (Å²) in [7, 11) is 0. The van der Waals surface area contributed by atoms with Gasteiger partial charge < -0.3 is 0 Å². The van der Waals surface area contributed by atoms with Gasteiger partial charge in [0.1, 0.15) is 0 Å². The zero-order valence-corrected chi connectivity index (χ0v) is 14.2. The van der Waals surface area contributed by atoms with E-state index in [0.29, 0.717) is 11.8 Å². The third-order valence-electron chi connectivity index (χ3n) is 4.91. The highest BCUT2D eigenvalue weighted by atomic mass is 79.9. The van der Waals surface area contributed by atoms with Crippen LogP contribution in [0.2, 0.25) is 0 Å². The highest BCUT2D eigenvalue weighted by Gasteiger charge is 2.47. The Hall–Kier alpha value is -1.08. The molecule has 0 bridgehead atoms. The lowest BCUT2D eigenvalue weighted by molar-refractivity contribution is 0.280. The predicted molar refractivity (Wildman–Crippen MR) is 90.0 cm³/mol. The summed E-state index contributed by atoms with van der Waals surface area (Å²) in [5, 5.41) is 0. The lowest BCUT2D eigenvalue weighted by Gasteiger charge is -2.40. The van der Waals surface area contributed by atoms with Crippen molar-refractivity contribution in [3.05, 3.63) is 58.1 Å². The standard InChI is InChI=1S/C19H21Br/c1-12(2)19(13(3)4)17-8-6-5-7-15(17)16-10-9-14(20)11-18(16)19/h5-13H,1-4H3. The van der Waals surface area contributed by atoms with Crippen molar-refractivity contribution in [3.8, 4) is 11.1 Å². The second-order valence-corrected chi connectivity index (χ2v) is 7.33. The number of hydrogen-bond acceptors (Lipinski definition) is 0. The van der Waals surface area contributed by atoms with E-state index in [4.69, 9.17) is 0 Å². The predicted octanol–water partition coefficient (Wildman–Crippen LogP) is 6.03. The Morgan fingerprint density at radius 3 is 2.05 bits per heavy atom. The van der Waals surface area contributed by atoms with Crippen LogP contribution in [-0.2, 0) is 5.41 Å². The van der Waals surface area contributed by atoms with Crippen LogP contribution in [0.3, 0.4) is 0 Å². The lowest BCUT2D eigenvalue weighted by atomic mass is 9.63. The summed E-state index contributed by atoms with van der Waals surface area (Å²) in [4.78, 5) is 0. The molecule has 20 heavy (non-hydrogen) atoms. The smallest absolute Gasteiger partial charge is 0.0261 e. The first-order chi connectivity index (χ1) is 9.49. The van der Waals surface area contributed by atoms with Gasteiger partial charge in [-0.25, -0.2) is 0 Å². The van der Waals surface area contributed by atoms with Crippen molar-refractivity contribution in [3.63, 3.8) is 0 Å². The summed E-state index contributed by atoms with van der Waals surface area (Å²) < 4.78 is 1.18. The van der Waals surface area contributed by atoms with Gasteiger partial charge in [0.05, 0.1) is 0 Å². The fourth-order valence-corrected chi connectivity index (χ4v) is 4.59. The van der Waals surface area contributed by atoms with Gasteiger partial charge in [-0.1, -0.05) is 74.0 Å². The first-order valence-corrected chi connectivity index (χ1v) is 8.18. The molecule has 2 aromatic rings. The Labute approximate surface area is 130 Å². The van der Waals surface area contributed by atoms with E-state index in [1.54, 1.807) is 0 Å². The zero-order valence-electron chi connectivity index (χ0n) is 12.6. The molecular formula is C19H21Br. The fourth-order valence-electron chi connectivity index (χ4n) is 4.23. The molecule has 0 heterocycles. The molecular weight excluding hydrogens is 308 g/mol. The van der Waals surface area contributed by atoms with Gasteiger partial charge in [-0.15, -0.1) is 0 Å². The zero-order chi connectivity index (χ0) is 14.5. The van der Waals surface area contributed by atoms with Crippen molar-refractivity contribution < 1.29 is 0 Å². The third-order valence-corrected chi connectivity index (χ3v) is 5.40. The van der Waals surface area contributed by atoms with E-state index in [2.05, 4.69) is 86.1 Å². The molecule has 0 saturated carbocycles. The van der Waals surface area contributed by atoms with Gasteiger partial charge in [0, 0.05) is 9.89 Å². The van der Waals surface area contributed by atoms with Gasteiger partial charge in [-0.05, 0) is 46.2 Å². The minimum Gasteiger partial charge on any atom is -0.0619 e. The SMILES string of the molecule is CC(C)C1(C(C)C)c2ccccc2-c2ccc(Br)cc21. The molecule has 0 radical (unpaired) electrons. The van der Waals surface area contributed by atoms with Gasteiger partial charge in [-0.3, -0.25) is 0 Å². The summed E-state index contributed by atoms with van der Waals surface area (Å²) in [5.74, 6) is 1.14. The van der Waals surface area contributed by atoms with E-state index >= 15 is 0 Å². The van der Waals surface area contributed by atoms with Gasteiger partial charge in [0.15, 0.2) is 0 Å². The molecule has 0 N–H and O–H groups in total. The Morgan fingerprint density at radius 2 is 1.40 bits per heavy atom. The molecule has 0 saturated heterocycles. The minimum atomic E-state index is 0.121. The molecule has 1 heteroatoms. The highest BCUT2D eigenvalue weighted by Crippen LogP contribution is 2.56. The monoisotopic (exact) mass is 328 g/mol. The quantitative estimate of drug-likeness (QED) is 0.631. The second-order valence-electron chi connectivity index (χ2n) is 6.41.